The van der Waals surface area contributed by atoms with Gasteiger partial charge in [-0.3, -0.25) is 0 Å². The molecular formula is C17H24N4O. The van der Waals surface area contributed by atoms with Crippen molar-refractivity contribution in [3.05, 3.63) is 24.3 Å². The zero-order valence-electron chi connectivity index (χ0n) is 13.4. The predicted molar refractivity (Wildman–Crippen MR) is 90.5 cm³/mol. The van der Waals surface area contributed by atoms with Crippen molar-refractivity contribution < 1.29 is 4.74 Å². The monoisotopic (exact) mass is 300 g/mol. The number of hydrogen-bond donors (Lipinski definition) is 1. The maximum absolute atomic E-state index is 5.12. The fourth-order valence-corrected chi connectivity index (χ4v) is 2.82. The van der Waals surface area contributed by atoms with E-state index in [2.05, 4.69) is 29.3 Å². The smallest absolute Gasteiger partial charge is 0.227 e. The minimum absolute atomic E-state index is 0.662. The summed E-state index contributed by atoms with van der Waals surface area (Å²) in [7, 11) is 1.71. The van der Waals surface area contributed by atoms with Gasteiger partial charge in [-0.25, -0.2) is 4.98 Å². The molecule has 1 aliphatic rings. The van der Waals surface area contributed by atoms with Gasteiger partial charge in [0.25, 0.3) is 0 Å². The Labute approximate surface area is 131 Å². The zero-order valence-corrected chi connectivity index (χ0v) is 13.4. The standard InChI is InChI=1S/C17H24N4O/c1-13-7-10-21(11-8-13)17-19-15-6-4-3-5-14(15)16(20-17)18-9-12-22-2/h3-6,13H,7-12H2,1-2H3,(H,18,19,20). The molecule has 5 heteroatoms. The van der Waals surface area contributed by atoms with Crippen LogP contribution in [-0.4, -0.2) is 43.3 Å². The van der Waals surface area contributed by atoms with Gasteiger partial charge in [0.2, 0.25) is 5.95 Å². The van der Waals surface area contributed by atoms with E-state index in [0.717, 1.165) is 48.2 Å². The van der Waals surface area contributed by atoms with E-state index in [9.17, 15) is 0 Å². The highest BCUT2D eigenvalue weighted by Crippen LogP contribution is 2.26. The van der Waals surface area contributed by atoms with E-state index >= 15 is 0 Å². The molecule has 0 saturated carbocycles. The summed E-state index contributed by atoms with van der Waals surface area (Å²) in [5.41, 5.74) is 0.992. The Balaban J connectivity index is 1.90. The SMILES string of the molecule is COCCNc1nc(N2CCC(C)CC2)nc2ccccc12. The van der Waals surface area contributed by atoms with Crippen LogP contribution in [0, 0.1) is 5.92 Å². The van der Waals surface area contributed by atoms with E-state index in [1.165, 1.54) is 12.8 Å². The number of nitrogens with zero attached hydrogens (tertiary/aromatic N) is 3. The van der Waals surface area contributed by atoms with Gasteiger partial charge >= 0.3 is 0 Å². The van der Waals surface area contributed by atoms with E-state index < -0.39 is 0 Å². The van der Waals surface area contributed by atoms with E-state index in [1.807, 2.05) is 12.1 Å². The Hall–Kier alpha value is -1.88. The van der Waals surface area contributed by atoms with Crippen molar-refractivity contribution in [1.29, 1.82) is 0 Å². The Kier molecular flexibility index (Phi) is 4.73. The molecule has 3 rings (SSSR count). The normalized spacial score (nSPS) is 16.2. The molecule has 1 aliphatic heterocycles. The van der Waals surface area contributed by atoms with Crippen LogP contribution in [0.3, 0.4) is 0 Å². The molecule has 0 atom stereocenters. The lowest BCUT2D eigenvalue weighted by atomic mass is 10.00. The van der Waals surface area contributed by atoms with Gasteiger partial charge < -0.3 is 15.0 Å². The van der Waals surface area contributed by atoms with Gasteiger partial charge in [0.05, 0.1) is 12.1 Å². The molecule has 1 aromatic heterocycles. The molecule has 1 N–H and O–H groups in total. The minimum Gasteiger partial charge on any atom is -0.383 e. The summed E-state index contributed by atoms with van der Waals surface area (Å²) in [5.74, 6) is 2.54. The summed E-state index contributed by atoms with van der Waals surface area (Å²) in [6.45, 7) is 5.80. The van der Waals surface area contributed by atoms with Crippen molar-refractivity contribution in [2.24, 2.45) is 5.92 Å². The second kappa shape index (κ2) is 6.92. The van der Waals surface area contributed by atoms with Crippen molar-refractivity contribution in [3.63, 3.8) is 0 Å². The van der Waals surface area contributed by atoms with Gasteiger partial charge in [-0.2, -0.15) is 4.98 Å². The lowest BCUT2D eigenvalue weighted by Crippen LogP contribution is -2.34. The van der Waals surface area contributed by atoms with Crippen LogP contribution in [0.4, 0.5) is 11.8 Å². The zero-order chi connectivity index (χ0) is 15.4. The summed E-state index contributed by atoms with van der Waals surface area (Å²) < 4.78 is 5.12. The van der Waals surface area contributed by atoms with Crippen molar-refractivity contribution in [2.75, 3.05) is 43.6 Å². The van der Waals surface area contributed by atoms with Crippen LogP contribution in [0.2, 0.25) is 0 Å². The topological polar surface area (TPSA) is 50.3 Å². The molecule has 0 bridgehead atoms. The highest BCUT2D eigenvalue weighted by atomic mass is 16.5. The molecule has 118 valence electrons. The average molecular weight is 300 g/mol. The summed E-state index contributed by atoms with van der Waals surface area (Å²) in [5, 5.41) is 4.44. The number of rotatable bonds is 5. The van der Waals surface area contributed by atoms with Gasteiger partial charge in [-0.1, -0.05) is 19.1 Å². The summed E-state index contributed by atoms with van der Waals surface area (Å²) in [6, 6.07) is 8.16. The predicted octanol–water partition coefficient (Wildman–Crippen LogP) is 2.92. The molecule has 1 fully saturated rings. The number of benzene rings is 1. The Morgan fingerprint density at radius 3 is 2.77 bits per heavy atom. The molecular weight excluding hydrogens is 276 g/mol. The fourth-order valence-electron chi connectivity index (χ4n) is 2.82. The lowest BCUT2D eigenvalue weighted by Gasteiger charge is -2.30. The quantitative estimate of drug-likeness (QED) is 0.860. The molecule has 0 aliphatic carbocycles. The van der Waals surface area contributed by atoms with Crippen molar-refractivity contribution >= 4 is 22.7 Å². The molecule has 0 radical (unpaired) electrons. The number of ether oxygens (including phenoxy) is 1. The maximum Gasteiger partial charge on any atom is 0.227 e. The van der Waals surface area contributed by atoms with Gasteiger partial charge in [-0.15, -0.1) is 0 Å². The molecule has 1 aromatic carbocycles. The van der Waals surface area contributed by atoms with Crippen LogP contribution in [0.25, 0.3) is 10.9 Å². The number of nitrogens with one attached hydrogen (secondary N) is 1. The number of aromatic nitrogens is 2. The molecule has 22 heavy (non-hydrogen) atoms. The van der Waals surface area contributed by atoms with Crippen LogP contribution in [-0.2, 0) is 4.74 Å². The van der Waals surface area contributed by atoms with Crippen LogP contribution < -0.4 is 10.2 Å². The number of piperidine rings is 1. The molecule has 2 aromatic rings. The number of para-hydroxylation sites is 1. The molecule has 1 saturated heterocycles. The minimum atomic E-state index is 0.662. The van der Waals surface area contributed by atoms with Crippen LogP contribution in [0.1, 0.15) is 19.8 Å². The molecule has 5 nitrogen and oxygen atoms in total. The molecule has 0 unspecified atom stereocenters. The highest BCUT2D eigenvalue weighted by molar-refractivity contribution is 5.90. The Bertz CT molecular complexity index is 623. The molecule has 0 spiro atoms. The van der Waals surface area contributed by atoms with Crippen LogP contribution in [0.15, 0.2) is 24.3 Å². The largest absolute Gasteiger partial charge is 0.383 e. The third-order valence-electron chi connectivity index (χ3n) is 4.26. The number of fused-ring (bicyclic) bond motifs is 1. The summed E-state index contributed by atoms with van der Waals surface area (Å²) in [6.07, 6.45) is 2.42. The van der Waals surface area contributed by atoms with Gasteiger partial charge in [0.15, 0.2) is 0 Å². The number of hydrogen-bond acceptors (Lipinski definition) is 5. The third kappa shape index (κ3) is 3.30. The van der Waals surface area contributed by atoms with E-state index in [0.29, 0.717) is 6.61 Å². The van der Waals surface area contributed by atoms with E-state index in [1.54, 1.807) is 7.11 Å². The number of anilines is 2. The molecule has 2 heterocycles. The molecule has 0 amide bonds. The first-order valence-electron chi connectivity index (χ1n) is 8.02. The highest BCUT2D eigenvalue weighted by Gasteiger charge is 2.19. The maximum atomic E-state index is 5.12. The van der Waals surface area contributed by atoms with Gasteiger partial charge in [0, 0.05) is 32.1 Å². The first-order chi connectivity index (χ1) is 10.8. The summed E-state index contributed by atoms with van der Waals surface area (Å²) in [4.78, 5) is 11.8. The second-order valence-electron chi connectivity index (χ2n) is 5.98. The van der Waals surface area contributed by atoms with Crippen LogP contribution in [0.5, 0.6) is 0 Å². The van der Waals surface area contributed by atoms with Crippen molar-refractivity contribution in [3.8, 4) is 0 Å². The van der Waals surface area contributed by atoms with Gasteiger partial charge in [-0.05, 0) is 30.9 Å². The first kappa shape index (κ1) is 15.0. The van der Waals surface area contributed by atoms with Crippen molar-refractivity contribution in [1.82, 2.24) is 9.97 Å². The second-order valence-corrected chi connectivity index (χ2v) is 5.98. The van der Waals surface area contributed by atoms with E-state index in [-0.39, 0.29) is 0 Å². The Morgan fingerprint density at radius 2 is 2.00 bits per heavy atom. The third-order valence-corrected chi connectivity index (χ3v) is 4.26. The number of methoxy groups -OCH3 is 1. The Morgan fingerprint density at radius 1 is 1.23 bits per heavy atom. The van der Waals surface area contributed by atoms with E-state index in [4.69, 9.17) is 14.7 Å². The average Bonchev–Trinajstić information content (AvgIpc) is 2.55. The van der Waals surface area contributed by atoms with Crippen LogP contribution >= 0.6 is 0 Å². The fraction of sp³-hybridized carbons (Fsp3) is 0.529. The van der Waals surface area contributed by atoms with Gasteiger partial charge in [0.1, 0.15) is 5.82 Å². The summed E-state index contributed by atoms with van der Waals surface area (Å²) >= 11 is 0. The lowest BCUT2D eigenvalue weighted by molar-refractivity contribution is 0.210. The first-order valence-corrected chi connectivity index (χ1v) is 8.02. The van der Waals surface area contributed by atoms with Crippen molar-refractivity contribution in [2.45, 2.75) is 19.8 Å².